The van der Waals surface area contributed by atoms with Crippen molar-refractivity contribution in [2.45, 2.75) is 346 Å². The van der Waals surface area contributed by atoms with Crippen molar-refractivity contribution in [1.29, 1.82) is 0 Å². The van der Waals surface area contributed by atoms with Gasteiger partial charge >= 0.3 is 5.97 Å². The van der Waals surface area contributed by atoms with E-state index in [9.17, 15) is 24.9 Å². The number of rotatable bonds is 35. The zero-order valence-corrected chi connectivity index (χ0v) is 89.6. The number of carboxylic acids is 1. The number of unbranched alkanes of at least 4 members (excludes halogenated alkanes) is 1. The van der Waals surface area contributed by atoms with Crippen molar-refractivity contribution in [3.63, 3.8) is 0 Å². The number of aromatic amines is 2. The van der Waals surface area contributed by atoms with Crippen molar-refractivity contribution in [1.82, 2.24) is 15.0 Å². The summed E-state index contributed by atoms with van der Waals surface area (Å²) in [4.78, 5) is 31.0. The summed E-state index contributed by atoms with van der Waals surface area (Å²) in [6, 6.07) is 18.9. The minimum absolute atomic E-state index is 0.00972. The lowest BCUT2D eigenvalue weighted by molar-refractivity contribution is -0.137. The molecule has 2 aromatic heterocycles. The molecule has 2 aromatic carbocycles. The third kappa shape index (κ3) is 63.2. The van der Waals surface area contributed by atoms with Gasteiger partial charge in [0.2, 0.25) is 5.91 Å². The number of carbonyl (C=O) groups is 2. The van der Waals surface area contributed by atoms with Crippen molar-refractivity contribution >= 4 is 34.5 Å². The Bertz CT molecular complexity index is 3160. The van der Waals surface area contributed by atoms with Gasteiger partial charge in [0.15, 0.2) is 0 Å². The highest BCUT2D eigenvalue weighted by atomic mass is 32.2. The molecule has 746 valence electrons. The lowest BCUT2D eigenvalue weighted by Gasteiger charge is -2.38. The Morgan fingerprint density at radius 2 is 0.794 bits per heavy atom. The summed E-state index contributed by atoms with van der Waals surface area (Å²) in [7, 11) is 0. The van der Waals surface area contributed by atoms with Gasteiger partial charge in [-0.05, 0) is 230 Å². The molecule has 0 aliphatic heterocycles. The number of carbonyl (C=O) groups excluding carboxylic acids is 1. The van der Waals surface area contributed by atoms with E-state index >= 15 is 0 Å². The van der Waals surface area contributed by atoms with Crippen molar-refractivity contribution in [2.24, 2.45) is 148 Å². The Hall–Kier alpha value is -3.96. The Labute approximate surface area is 780 Å². The van der Waals surface area contributed by atoms with Gasteiger partial charge in [0.25, 0.3) is 0 Å². The van der Waals surface area contributed by atoms with Gasteiger partial charge in [-0.2, -0.15) is 11.8 Å². The number of benzene rings is 2. The van der Waals surface area contributed by atoms with E-state index in [1.54, 1.807) is 6.33 Å². The number of aliphatic hydroxyl groups is 10. The van der Waals surface area contributed by atoms with Crippen LogP contribution in [0.5, 0.6) is 0 Å². The number of H-pyrrole nitrogens is 2. The molecule has 0 spiro atoms. The van der Waals surface area contributed by atoms with Crippen LogP contribution in [0.2, 0.25) is 0 Å². The van der Waals surface area contributed by atoms with Crippen LogP contribution in [0, 0.1) is 137 Å². The van der Waals surface area contributed by atoms with E-state index in [1.807, 2.05) is 50.9 Å². The van der Waals surface area contributed by atoms with Gasteiger partial charge in [0.05, 0.1) is 6.33 Å². The predicted molar refractivity (Wildman–Crippen MR) is 544 cm³/mol. The highest BCUT2D eigenvalue weighted by Gasteiger charge is 2.36. The topological polar surface area (TPSA) is 353 Å². The average Bonchev–Trinajstić information content (AvgIpc) is 1.63. The van der Waals surface area contributed by atoms with Crippen LogP contribution in [0.3, 0.4) is 0 Å². The van der Waals surface area contributed by atoms with E-state index in [4.69, 9.17) is 52.3 Å². The number of fused-ring (bicyclic) bond motifs is 1. The van der Waals surface area contributed by atoms with Crippen LogP contribution in [0.15, 0.2) is 73.3 Å². The molecule has 11 unspecified atom stereocenters. The van der Waals surface area contributed by atoms with Gasteiger partial charge < -0.3 is 77.6 Å². The molecule has 0 saturated heterocycles. The number of nitrogens with two attached hydrogens (primary N) is 2. The van der Waals surface area contributed by atoms with E-state index in [0.29, 0.717) is 123 Å². The number of thioether (sulfide) groups is 1. The number of carboxylic acid groups (broad SMARTS) is 1. The summed E-state index contributed by atoms with van der Waals surface area (Å²) < 4.78 is 0. The molecule has 0 fully saturated rings. The summed E-state index contributed by atoms with van der Waals surface area (Å²) in [5, 5.41) is 102. The summed E-state index contributed by atoms with van der Waals surface area (Å²) in [6.45, 7) is 85.4. The first kappa shape index (κ1) is 133. The van der Waals surface area contributed by atoms with E-state index in [2.05, 4.69) is 312 Å². The number of amides is 1. The fourth-order valence-electron chi connectivity index (χ4n) is 15.1. The molecule has 4 aromatic rings. The first-order valence-corrected chi connectivity index (χ1v) is 49.2. The number of para-hydroxylation sites is 1. The largest absolute Gasteiger partial charge is 0.481 e. The molecule has 0 saturated carbocycles. The standard InChI is InChI=1S/C16H26O.C15H21NO.C10H18N2O.C10H23NO.2C10H22O.C9H19NO2.C9H18O3.C9H20OS.C9H20O/c1-12(2)15(13-9-7-6-8-10-13)14(11-17)16(3,4)5;1-15(2,3)12(10-17)8-11-9-16-14-7-5-4-6-13(11)14;1-10(2,3)8(6-13)4-9-5-11-7-12-9;1-10(2,3)9(8-12)6-4-5-7-11;1-8(2)6-9(7-11)10(3,4)5;1-6-8(2)9(7-11)10(3,4)5;1-9(2,3)7(6-11)4-5-8(10)12;1-9(2,3)7(6-10)4-5-8(11)12;1-9(2,3)8(7-10)5-6-11-4;1-7(2)8(6-10)9(3,4)5/h6-10,12,14-15,17H,11H2,1-5H3;4-7,9,12,16-17H,8,10H2,1-3H3;5,7-8,13H,4,6H2,1-3H3,(H,11,12);9,12H,4-8,11H2,1-3H3;2*8-9,11H,6-7H2,1-5H3;7,11H,4-6H2,1-3H3,(H2,10,12);7,10H,4-6H2,1-3H3,(H,11,12);8,10H,5-7H2,1-4H3;7-8,10H,6H2,1-5H3/t;;;;;8-,9?;;;;/m.....0..../s1. The first-order chi connectivity index (χ1) is 57.4. The number of nitrogens with one attached hydrogen (secondary N) is 2. The van der Waals surface area contributed by atoms with Crippen LogP contribution in [0.25, 0.3) is 10.9 Å². The molecule has 0 bridgehead atoms. The number of hydrogen-bond acceptors (Lipinski definition) is 15. The fraction of sp³-hybridized carbons (Fsp3) is 0.822. The molecule has 0 aliphatic rings. The molecule has 0 aliphatic carbocycles. The number of aliphatic carboxylic acids is 1. The Kier molecular flexibility index (Phi) is 70.0. The van der Waals surface area contributed by atoms with E-state index in [0.717, 1.165) is 69.4 Å². The number of primary amides is 1. The molecular weight excluding hydrogens is 1600 g/mol. The quantitative estimate of drug-likeness (QED) is 0.0190. The van der Waals surface area contributed by atoms with Gasteiger partial charge in [-0.3, -0.25) is 9.59 Å². The molecule has 12 atom stereocenters. The van der Waals surface area contributed by atoms with Crippen molar-refractivity contribution < 1.29 is 65.8 Å². The van der Waals surface area contributed by atoms with Crippen LogP contribution in [-0.2, 0) is 22.4 Å². The number of aliphatic hydroxyl groups excluding tert-OH is 10. The summed E-state index contributed by atoms with van der Waals surface area (Å²) in [6.07, 6.45) is 17.9. The third-order valence-corrected chi connectivity index (χ3v) is 26.2. The van der Waals surface area contributed by atoms with Crippen molar-refractivity contribution in [3.05, 3.63) is 90.1 Å². The zero-order valence-electron chi connectivity index (χ0n) is 88.8. The maximum atomic E-state index is 10.5. The van der Waals surface area contributed by atoms with Crippen LogP contribution in [0.1, 0.15) is 350 Å². The second-order valence-electron chi connectivity index (χ2n) is 47.5. The fourth-order valence-corrected chi connectivity index (χ4v) is 15.7. The minimum atomic E-state index is -0.794. The van der Waals surface area contributed by atoms with Crippen LogP contribution in [-0.4, -0.2) is 168 Å². The number of imidazole rings is 1. The van der Waals surface area contributed by atoms with Crippen molar-refractivity contribution in [2.75, 3.05) is 84.6 Å². The van der Waals surface area contributed by atoms with Gasteiger partial charge in [-0.25, -0.2) is 4.98 Å². The lowest BCUT2D eigenvalue weighted by Crippen LogP contribution is -2.32. The molecule has 19 heteroatoms. The molecule has 126 heavy (non-hydrogen) atoms. The second-order valence-corrected chi connectivity index (χ2v) is 48.5. The van der Waals surface area contributed by atoms with Crippen LogP contribution in [0.4, 0.5) is 0 Å². The van der Waals surface area contributed by atoms with Crippen LogP contribution >= 0.6 is 11.8 Å². The second kappa shape index (κ2) is 66.4. The van der Waals surface area contributed by atoms with E-state index < -0.39 is 5.97 Å². The van der Waals surface area contributed by atoms with Gasteiger partial charge in [-0.15, -0.1) is 0 Å². The third-order valence-electron chi connectivity index (χ3n) is 25.6. The van der Waals surface area contributed by atoms with Crippen molar-refractivity contribution in [3.8, 4) is 0 Å². The van der Waals surface area contributed by atoms with E-state index in [1.165, 1.54) is 22.0 Å². The van der Waals surface area contributed by atoms with Gasteiger partial charge in [0, 0.05) is 108 Å². The van der Waals surface area contributed by atoms with Gasteiger partial charge in [-0.1, -0.05) is 324 Å². The smallest absolute Gasteiger partial charge is 0.303 e. The summed E-state index contributed by atoms with van der Waals surface area (Å²) >= 11 is 1.85. The summed E-state index contributed by atoms with van der Waals surface area (Å²) in [5.74, 6) is 6.20. The lowest BCUT2D eigenvalue weighted by atomic mass is 9.67. The number of nitrogens with zero attached hydrogens (tertiary/aromatic N) is 1. The molecule has 1 amide bonds. The monoisotopic (exact) mass is 1800 g/mol. The predicted octanol–water partition coefficient (Wildman–Crippen LogP) is 23.3. The van der Waals surface area contributed by atoms with E-state index in [-0.39, 0.29) is 117 Å². The highest BCUT2D eigenvalue weighted by Crippen LogP contribution is 2.43. The zero-order chi connectivity index (χ0) is 100.0. The molecular formula is C107H209N5O13S. The Morgan fingerprint density at radius 3 is 1.08 bits per heavy atom. The Morgan fingerprint density at radius 1 is 0.421 bits per heavy atom. The highest BCUT2D eigenvalue weighted by molar-refractivity contribution is 7.98. The Balaban J connectivity index is -0.000000319. The molecule has 18 nitrogen and oxygen atoms in total. The maximum Gasteiger partial charge on any atom is 0.303 e. The summed E-state index contributed by atoms with van der Waals surface area (Å²) in [5.41, 5.74) is 17.0. The first-order valence-electron chi connectivity index (χ1n) is 47.8. The maximum absolute atomic E-state index is 10.5. The molecule has 2 heterocycles. The van der Waals surface area contributed by atoms with Gasteiger partial charge in [0.1, 0.15) is 0 Å². The average molecular weight is 1810 g/mol. The minimum Gasteiger partial charge on any atom is -0.481 e. The molecule has 17 N–H and O–H groups in total. The molecule has 0 radical (unpaired) electrons. The SMILES string of the molecule is CC(C)(C)C(CO)CCC(=O)O.CC(C)(C)C(CO)CCC(N)=O.CC(C)(C)C(CO)CCCCN.CC(C)(C)C(CO)Cc1c[nH]c2ccccc12.CC(C)(C)C(CO)Cc1cnc[nH]1.CC(C)C(CO)C(C)(C)C.CC(C)C(c1ccccc1)C(CO)C(C)(C)C.CC(C)CC(CO)C(C)(C)C.CC[C@H](C)C(CO)C(C)(C)C.CSCCC(CO)C(C)(C)C. The number of hydrogen-bond donors (Lipinski definition) is 15. The normalized spacial score (nSPS) is 15.2. The molecule has 4 rings (SSSR count). The number of aromatic nitrogens is 3. The van der Waals surface area contributed by atoms with Crippen LogP contribution < -0.4 is 11.5 Å².